The molecule has 0 saturated heterocycles. The van der Waals surface area contributed by atoms with Gasteiger partial charge in [0.15, 0.2) is 0 Å². The molecule has 1 unspecified atom stereocenters. The number of amides is 3. The number of rotatable bonds is 1. The van der Waals surface area contributed by atoms with Crippen LogP contribution in [0.1, 0.15) is 48.2 Å². The van der Waals surface area contributed by atoms with Gasteiger partial charge < -0.3 is 5.32 Å². The maximum atomic E-state index is 13.1. The summed E-state index contributed by atoms with van der Waals surface area (Å²) in [6.45, 7) is 0. The first-order valence-electron chi connectivity index (χ1n) is 8.63. The minimum atomic E-state index is -0.677. The summed E-state index contributed by atoms with van der Waals surface area (Å²) in [5.74, 6) is -0.948. The zero-order chi connectivity index (χ0) is 18.5. The van der Waals surface area contributed by atoms with Crippen LogP contribution in [0, 0.1) is 0 Å². The van der Waals surface area contributed by atoms with Gasteiger partial charge in [-0.05, 0) is 29.8 Å². The fraction of sp³-hybridized carbons (Fsp3) is 0.0455. The number of imide groups is 1. The molecule has 0 aromatic heterocycles. The van der Waals surface area contributed by atoms with Crippen molar-refractivity contribution in [3.63, 3.8) is 0 Å². The lowest BCUT2D eigenvalue weighted by atomic mass is 9.93. The van der Waals surface area contributed by atoms with Crippen LogP contribution in [0.25, 0.3) is 0 Å². The van der Waals surface area contributed by atoms with Crippen LogP contribution in [0.15, 0.2) is 72.8 Å². The Morgan fingerprint density at radius 3 is 1.81 bits per heavy atom. The summed E-state index contributed by atoms with van der Waals surface area (Å²) in [6.07, 6.45) is 0. The molecule has 130 valence electrons. The number of benzene rings is 3. The third-order valence-corrected chi connectivity index (χ3v) is 5.09. The van der Waals surface area contributed by atoms with Crippen LogP contribution in [-0.4, -0.2) is 22.6 Å². The Morgan fingerprint density at radius 1 is 0.630 bits per heavy atom. The molecule has 5 nitrogen and oxygen atoms in total. The molecule has 27 heavy (non-hydrogen) atoms. The standard InChI is InChI=1S/C22H14N2O3/c25-20-14-8-2-1-7-13(14)19(17-11-5-6-12-18(17)23-20)24-21(26)15-9-3-4-10-16(15)22(24)27/h1-12,19H,(H,23,25). The molecule has 0 fully saturated rings. The minimum absolute atomic E-state index is 0.253. The van der Waals surface area contributed by atoms with Gasteiger partial charge in [0.1, 0.15) is 0 Å². The van der Waals surface area contributed by atoms with Gasteiger partial charge in [0.25, 0.3) is 17.7 Å². The van der Waals surface area contributed by atoms with Gasteiger partial charge in [0, 0.05) is 16.8 Å². The molecule has 0 spiro atoms. The second kappa shape index (κ2) is 5.64. The Morgan fingerprint density at radius 2 is 1.15 bits per heavy atom. The third kappa shape index (κ3) is 2.15. The van der Waals surface area contributed by atoms with Gasteiger partial charge in [-0.3, -0.25) is 19.3 Å². The van der Waals surface area contributed by atoms with E-state index in [0.29, 0.717) is 33.5 Å². The van der Waals surface area contributed by atoms with Gasteiger partial charge >= 0.3 is 0 Å². The summed E-state index contributed by atoms with van der Waals surface area (Å²) in [5, 5.41) is 2.89. The highest BCUT2D eigenvalue weighted by Crippen LogP contribution is 2.41. The van der Waals surface area contributed by atoms with Gasteiger partial charge in [0.05, 0.1) is 17.2 Å². The lowest BCUT2D eigenvalue weighted by Gasteiger charge is -2.27. The van der Waals surface area contributed by atoms with E-state index in [9.17, 15) is 14.4 Å². The summed E-state index contributed by atoms with van der Waals surface area (Å²) >= 11 is 0. The molecule has 3 aromatic carbocycles. The Bertz CT molecular complexity index is 1100. The molecule has 0 bridgehead atoms. The summed E-state index contributed by atoms with van der Waals surface area (Å²) in [6, 6.07) is 20.5. The quantitative estimate of drug-likeness (QED) is 0.679. The fourth-order valence-corrected chi connectivity index (χ4v) is 3.87. The monoisotopic (exact) mass is 354 g/mol. The molecule has 0 saturated carbocycles. The zero-order valence-electron chi connectivity index (χ0n) is 14.2. The van der Waals surface area contributed by atoms with Crippen molar-refractivity contribution in [1.29, 1.82) is 0 Å². The van der Waals surface area contributed by atoms with Crippen molar-refractivity contribution in [3.05, 3.63) is 101 Å². The molecule has 0 aliphatic carbocycles. The van der Waals surface area contributed by atoms with Crippen LogP contribution >= 0.6 is 0 Å². The van der Waals surface area contributed by atoms with Crippen LogP contribution in [-0.2, 0) is 0 Å². The maximum Gasteiger partial charge on any atom is 0.262 e. The summed E-state index contributed by atoms with van der Waals surface area (Å²) < 4.78 is 0. The largest absolute Gasteiger partial charge is 0.322 e. The Labute approximate surface area is 155 Å². The second-order valence-electron chi connectivity index (χ2n) is 6.56. The number of carbonyl (C=O) groups excluding carboxylic acids is 3. The van der Waals surface area contributed by atoms with Crippen molar-refractivity contribution in [2.24, 2.45) is 0 Å². The van der Waals surface area contributed by atoms with Gasteiger partial charge in [-0.1, -0.05) is 48.5 Å². The average molecular weight is 354 g/mol. The highest BCUT2D eigenvalue weighted by atomic mass is 16.2. The predicted octanol–water partition coefficient (Wildman–Crippen LogP) is 3.64. The van der Waals surface area contributed by atoms with E-state index in [2.05, 4.69) is 5.32 Å². The van der Waals surface area contributed by atoms with Crippen LogP contribution in [0.5, 0.6) is 0 Å². The number of hydrogen-bond acceptors (Lipinski definition) is 3. The van der Waals surface area contributed by atoms with Crippen molar-refractivity contribution >= 4 is 23.4 Å². The molecule has 3 amide bonds. The van der Waals surface area contributed by atoms with Crippen LogP contribution < -0.4 is 5.32 Å². The van der Waals surface area contributed by atoms with E-state index in [1.165, 1.54) is 4.90 Å². The van der Waals surface area contributed by atoms with Gasteiger partial charge in [-0.15, -0.1) is 0 Å². The SMILES string of the molecule is O=C1Nc2ccccc2C(N2C(=O)c3ccccc3C2=O)c2ccccc21. The number of carbonyl (C=O) groups is 3. The molecule has 3 aromatic rings. The number of para-hydroxylation sites is 1. The van der Waals surface area contributed by atoms with Gasteiger partial charge in [-0.2, -0.15) is 0 Å². The molecule has 1 N–H and O–H groups in total. The van der Waals surface area contributed by atoms with Gasteiger partial charge in [-0.25, -0.2) is 0 Å². The smallest absolute Gasteiger partial charge is 0.262 e. The molecule has 2 heterocycles. The number of nitrogens with zero attached hydrogens (tertiary/aromatic N) is 1. The van der Waals surface area contributed by atoms with E-state index in [1.807, 2.05) is 24.3 Å². The lowest BCUT2D eigenvalue weighted by molar-refractivity contribution is 0.0608. The molecule has 5 rings (SSSR count). The van der Waals surface area contributed by atoms with Gasteiger partial charge in [0.2, 0.25) is 0 Å². The Hall–Kier alpha value is -3.73. The van der Waals surface area contributed by atoms with E-state index in [0.717, 1.165) is 0 Å². The average Bonchev–Trinajstić information content (AvgIpc) is 2.87. The van der Waals surface area contributed by atoms with Crippen LogP contribution in [0.2, 0.25) is 0 Å². The summed E-state index contributed by atoms with van der Waals surface area (Å²) in [4.78, 5) is 40.2. The number of fused-ring (bicyclic) bond motifs is 3. The fourth-order valence-electron chi connectivity index (χ4n) is 3.87. The van der Waals surface area contributed by atoms with Crippen molar-refractivity contribution in [2.45, 2.75) is 6.04 Å². The first-order valence-corrected chi connectivity index (χ1v) is 8.63. The second-order valence-corrected chi connectivity index (χ2v) is 6.56. The number of nitrogens with one attached hydrogen (secondary N) is 1. The number of hydrogen-bond donors (Lipinski definition) is 1. The molecular weight excluding hydrogens is 340 g/mol. The van der Waals surface area contributed by atoms with E-state index in [1.54, 1.807) is 48.5 Å². The predicted molar refractivity (Wildman–Crippen MR) is 99.6 cm³/mol. The molecule has 0 radical (unpaired) electrons. The normalized spacial score (nSPS) is 17.7. The topological polar surface area (TPSA) is 66.5 Å². The molecule has 2 aliphatic rings. The molecule has 1 atom stereocenters. The first-order chi connectivity index (χ1) is 13.2. The van der Waals surface area contributed by atoms with E-state index in [4.69, 9.17) is 0 Å². The van der Waals surface area contributed by atoms with E-state index in [-0.39, 0.29) is 17.7 Å². The van der Waals surface area contributed by atoms with Crippen molar-refractivity contribution < 1.29 is 14.4 Å². The highest BCUT2D eigenvalue weighted by molar-refractivity contribution is 6.22. The summed E-state index contributed by atoms with van der Waals surface area (Å²) in [5.41, 5.74) is 3.18. The van der Waals surface area contributed by atoms with E-state index < -0.39 is 6.04 Å². The van der Waals surface area contributed by atoms with Crippen molar-refractivity contribution in [3.8, 4) is 0 Å². The van der Waals surface area contributed by atoms with Crippen LogP contribution in [0.3, 0.4) is 0 Å². The van der Waals surface area contributed by atoms with Crippen molar-refractivity contribution in [1.82, 2.24) is 4.90 Å². The molecule has 5 heteroatoms. The highest BCUT2D eigenvalue weighted by Gasteiger charge is 2.43. The van der Waals surface area contributed by atoms with E-state index >= 15 is 0 Å². The maximum absolute atomic E-state index is 13.1. The van der Waals surface area contributed by atoms with Crippen molar-refractivity contribution in [2.75, 3.05) is 5.32 Å². The molecular formula is C22H14N2O3. The van der Waals surface area contributed by atoms with Crippen LogP contribution in [0.4, 0.5) is 5.69 Å². The Balaban J connectivity index is 1.78. The lowest BCUT2D eigenvalue weighted by Crippen LogP contribution is -2.35. The summed E-state index contributed by atoms with van der Waals surface area (Å²) in [7, 11) is 0. The molecule has 2 aliphatic heterocycles. The number of anilines is 1. The third-order valence-electron chi connectivity index (χ3n) is 5.09. The first kappa shape index (κ1) is 15.5. The minimum Gasteiger partial charge on any atom is -0.322 e. The zero-order valence-corrected chi connectivity index (χ0v) is 14.2. The Kier molecular flexibility index (Phi) is 3.24.